The Balaban J connectivity index is 2.25. The van der Waals surface area contributed by atoms with Crippen LogP contribution in [0, 0.1) is 12.3 Å². The average molecular weight is 212 g/mol. The molecule has 0 fully saturated rings. The van der Waals surface area contributed by atoms with Gasteiger partial charge in [-0.1, -0.05) is 11.6 Å². The molecule has 0 saturated carbocycles. The lowest BCUT2D eigenvalue weighted by Crippen LogP contribution is -2.17. The number of halogens is 1. The van der Waals surface area contributed by atoms with Gasteiger partial charge >= 0.3 is 0 Å². The number of imidazole rings is 1. The highest BCUT2D eigenvalue weighted by Gasteiger charge is 2.02. The minimum absolute atomic E-state index is 0.658. The molecule has 1 aromatic heterocycles. The van der Waals surface area contributed by atoms with Crippen molar-refractivity contribution in [1.29, 1.82) is 0 Å². The van der Waals surface area contributed by atoms with Gasteiger partial charge in [-0.15, -0.1) is 12.3 Å². The molecule has 76 valence electrons. The Morgan fingerprint density at radius 2 is 2.50 bits per heavy atom. The molecule has 0 aliphatic rings. The molecule has 1 aromatic rings. The first-order chi connectivity index (χ1) is 6.75. The number of nitrogens with zero attached hydrogens (tertiary/aromatic N) is 2. The van der Waals surface area contributed by atoms with Crippen LogP contribution in [0.5, 0.6) is 0 Å². The van der Waals surface area contributed by atoms with Crippen molar-refractivity contribution in [2.75, 3.05) is 6.54 Å². The zero-order valence-electron chi connectivity index (χ0n) is 8.26. The van der Waals surface area contributed by atoms with E-state index in [1.54, 1.807) is 6.20 Å². The topological polar surface area (TPSA) is 29.9 Å². The molecular formula is C10H14ClN3. The molecular weight excluding hydrogens is 198 g/mol. The van der Waals surface area contributed by atoms with Crippen molar-refractivity contribution in [2.45, 2.75) is 19.4 Å². The zero-order chi connectivity index (χ0) is 10.4. The smallest absolute Gasteiger partial charge is 0.128 e. The third kappa shape index (κ3) is 3.06. The molecule has 0 saturated heterocycles. The van der Waals surface area contributed by atoms with Crippen molar-refractivity contribution in [3.05, 3.63) is 17.2 Å². The molecule has 1 N–H and O–H groups in total. The third-order valence-corrected chi connectivity index (χ3v) is 2.34. The summed E-state index contributed by atoms with van der Waals surface area (Å²) in [6, 6.07) is 0. The van der Waals surface area contributed by atoms with Gasteiger partial charge in [0.05, 0.1) is 12.7 Å². The molecule has 0 aromatic carbocycles. The normalized spacial score (nSPS) is 10.1. The highest BCUT2D eigenvalue weighted by molar-refractivity contribution is 6.29. The Bertz CT molecular complexity index is 325. The predicted molar refractivity (Wildman–Crippen MR) is 58.0 cm³/mol. The average Bonchev–Trinajstić information content (AvgIpc) is 2.49. The molecule has 0 amide bonds. The van der Waals surface area contributed by atoms with E-state index in [9.17, 15) is 0 Å². The van der Waals surface area contributed by atoms with Crippen LogP contribution in [0.1, 0.15) is 18.7 Å². The summed E-state index contributed by atoms with van der Waals surface area (Å²) < 4.78 is 1.86. The van der Waals surface area contributed by atoms with Gasteiger partial charge in [0.15, 0.2) is 0 Å². The van der Waals surface area contributed by atoms with E-state index in [1.165, 1.54) is 0 Å². The summed E-state index contributed by atoms with van der Waals surface area (Å²) in [6.45, 7) is 1.64. The number of terminal acetylenes is 1. The van der Waals surface area contributed by atoms with Crippen LogP contribution in [0.25, 0.3) is 0 Å². The molecule has 0 aliphatic heterocycles. The minimum atomic E-state index is 0.658. The Morgan fingerprint density at radius 1 is 1.71 bits per heavy atom. The fourth-order valence-corrected chi connectivity index (χ4v) is 1.25. The molecule has 0 unspecified atom stereocenters. The fourth-order valence-electron chi connectivity index (χ4n) is 1.10. The van der Waals surface area contributed by atoms with Crippen molar-refractivity contribution < 1.29 is 0 Å². The van der Waals surface area contributed by atoms with E-state index in [0.29, 0.717) is 5.15 Å². The number of nitrogens with one attached hydrogen (secondary N) is 1. The SMILES string of the molecule is C#CCCCNCc1ncc(Cl)n1C. The second-order valence-corrected chi connectivity index (χ2v) is 3.43. The molecule has 1 heterocycles. The van der Waals surface area contributed by atoms with Gasteiger partial charge < -0.3 is 9.88 Å². The summed E-state index contributed by atoms with van der Waals surface area (Å²) >= 11 is 5.84. The first kappa shape index (κ1) is 11.1. The van der Waals surface area contributed by atoms with E-state index in [0.717, 1.165) is 31.8 Å². The van der Waals surface area contributed by atoms with Crippen LogP contribution in [-0.4, -0.2) is 16.1 Å². The van der Waals surface area contributed by atoms with Gasteiger partial charge in [-0.25, -0.2) is 4.98 Å². The van der Waals surface area contributed by atoms with Crippen LogP contribution in [0.2, 0.25) is 5.15 Å². The monoisotopic (exact) mass is 211 g/mol. The van der Waals surface area contributed by atoms with Gasteiger partial charge in [-0.05, 0) is 13.0 Å². The van der Waals surface area contributed by atoms with Gasteiger partial charge in [0.25, 0.3) is 0 Å². The summed E-state index contributed by atoms with van der Waals surface area (Å²) in [5, 5.41) is 3.91. The maximum atomic E-state index is 5.84. The van der Waals surface area contributed by atoms with Crippen LogP contribution in [-0.2, 0) is 13.6 Å². The standard InChI is InChI=1S/C10H14ClN3/c1-3-4-5-6-12-8-10-13-7-9(11)14(10)2/h1,7,12H,4-6,8H2,2H3. The van der Waals surface area contributed by atoms with E-state index in [-0.39, 0.29) is 0 Å². The molecule has 14 heavy (non-hydrogen) atoms. The number of aromatic nitrogens is 2. The summed E-state index contributed by atoms with van der Waals surface area (Å²) in [6.07, 6.45) is 8.60. The summed E-state index contributed by atoms with van der Waals surface area (Å²) in [5.74, 6) is 3.54. The van der Waals surface area contributed by atoms with Gasteiger partial charge in [0, 0.05) is 13.5 Å². The van der Waals surface area contributed by atoms with E-state index in [4.69, 9.17) is 18.0 Å². The number of unbranched alkanes of at least 4 members (excludes halogenated alkanes) is 1. The lowest BCUT2D eigenvalue weighted by atomic mass is 10.3. The number of rotatable bonds is 5. The molecule has 1 rings (SSSR count). The zero-order valence-corrected chi connectivity index (χ0v) is 9.01. The van der Waals surface area contributed by atoms with E-state index in [2.05, 4.69) is 16.2 Å². The van der Waals surface area contributed by atoms with Crippen molar-refractivity contribution in [3.8, 4) is 12.3 Å². The van der Waals surface area contributed by atoms with Crippen molar-refractivity contribution >= 4 is 11.6 Å². The van der Waals surface area contributed by atoms with Crippen LogP contribution < -0.4 is 5.32 Å². The largest absolute Gasteiger partial charge is 0.321 e. The van der Waals surface area contributed by atoms with Crippen LogP contribution >= 0.6 is 11.6 Å². The lowest BCUT2D eigenvalue weighted by Gasteiger charge is -2.03. The molecule has 0 bridgehead atoms. The van der Waals surface area contributed by atoms with Crippen molar-refractivity contribution in [2.24, 2.45) is 7.05 Å². The Labute approximate surface area is 89.5 Å². The van der Waals surface area contributed by atoms with Gasteiger partial charge in [-0.2, -0.15) is 0 Å². The maximum absolute atomic E-state index is 5.84. The Kier molecular flexibility index (Phi) is 4.51. The lowest BCUT2D eigenvalue weighted by molar-refractivity contribution is 0.620. The Hall–Kier alpha value is -0.980. The minimum Gasteiger partial charge on any atom is -0.321 e. The highest BCUT2D eigenvalue weighted by Crippen LogP contribution is 2.08. The van der Waals surface area contributed by atoms with Crippen LogP contribution in [0.3, 0.4) is 0 Å². The van der Waals surface area contributed by atoms with Crippen molar-refractivity contribution in [3.63, 3.8) is 0 Å². The molecule has 0 atom stereocenters. The third-order valence-electron chi connectivity index (χ3n) is 1.99. The van der Waals surface area contributed by atoms with Crippen LogP contribution in [0.4, 0.5) is 0 Å². The second-order valence-electron chi connectivity index (χ2n) is 3.04. The summed E-state index contributed by atoms with van der Waals surface area (Å²) in [5.41, 5.74) is 0. The number of hydrogen-bond donors (Lipinski definition) is 1. The second kappa shape index (κ2) is 5.69. The molecule has 4 heteroatoms. The van der Waals surface area contributed by atoms with E-state index < -0.39 is 0 Å². The maximum Gasteiger partial charge on any atom is 0.128 e. The van der Waals surface area contributed by atoms with Crippen molar-refractivity contribution in [1.82, 2.24) is 14.9 Å². The van der Waals surface area contributed by atoms with Gasteiger partial charge in [0.2, 0.25) is 0 Å². The Morgan fingerprint density at radius 3 is 3.07 bits per heavy atom. The highest BCUT2D eigenvalue weighted by atomic mass is 35.5. The summed E-state index contributed by atoms with van der Waals surface area (Å²) in [4.78, 5) is 4.16. The van der Waals surface area contributed by atoms with E-state index >= 15 is 0 Å². The molecule has 0 radical (unpaired) electrons. The molecule has 3 nitrogen and oxygen atoms in total. The number of hydrogen-bond acceptors (Lipinski definition) is 2. The molecule has 0 spiro atoms. The fraction of sp³-hybridized carbons (Fsp3) is 0.500. The molecule has 0 aliphatic carbocycles. The quantitative estimate of drug-likeness (QED) is 0.592. The van der Waals surface area contributed by atoms with E-state index in [1.807, 2.05) is 11.6 Å². The summed E-state index contributed by atoms with van der Waals surface area (Å²) in [7, 11) is 1.90. The predicted octanol–water partition coefficient (Wildman–Crippen LogP) is 1.58. The first-order valence-electron chi connectivity index (χ1n) is 4.56. The van der Waals surface area contributed by atoms with Gasteiger partial charge in [-0.3, -0.25) is 0 Å². The van der Waals surface area contributed by atoms with Gasteiger partial charge in [0.1, 0.15) is 11.0 Å². The van der Waals surface area contributed by atoms with Crippen LogP contribution in [0.15, 0.2) is 6.20 Å². The first-order valence-corrected chi connectivity index (χ1v) is 4.93.